The first-order valence-corrected chi connectivity index (χ1v) is 13.3. The molecule has 2 fully saturated rings. The van der Waals surface area contributed by atoms with Gasteiger partial charge in [0.25, 0.3) is 11.8 Å². The minimum absolute atomic E-state index is 0.0971. The van der Waals surface area contributed by atoms with Crippen LogP contribution in [0.1, 0.15) is 12.1 Å². The first-order valence-electron chi connectivity index (χ1n) is 10.4. The van der Waals surface area contributed by atoms with Crippen molar-refractivity contribution in [3.05, 3.63) is 33.8 Å². The second kappa shape index (κ2) is 10.7. The lowest BCUT2D eigenvalue weighted by Gasteiger charge is -2.49. The van der Waals surface area contributed by atoms with Crippen LogP contribution in [-0.4, -0.2) is 92.4 Å². The van der Waals surface area contributed by atoms with Gasteiger partial charge in [0, 0.05) is 29.5 Å². The second-order valence-corrected chi connectivity index (χ2v) is 10.9. The molecule has 0 bridgehead atoms. The van der Waals surface area contributed by atoms with E-state index in [0.717, 1.165) is 24.2 Å². The number of oxime groups is 1. The Hall–Kier alpha value is -3.04. The number of likely N-dealkylation sites (tertiary alicyclic amines) is 1. The standard InChI is InChI=1S/C20H22N6O6S3/c1-32-24-13(12-8-35-20(21)22-12)16(28)23-14-17(29)26-15(19(30)31)10(7-34-18(14)26)3-5-33-11-2-4-25(6-11)9-27/h3,5,8-9,11,14,18H,2,4,6-7H2,1H3,(H2,21,22)(H,23,28)(H,30,31)/b5-3+,24-13?/t11-,14+,18+/m0/s1. The maximum atomic E-state index is 12.9. The van der Waals surface area contributed by atoms with Crippen molar-refractivity contribution in [3.63, 3.8) is 0 Å². The summed E-state index contributed by atoms with van der Waals surface area (Å²) < 4.78 is 0. The summed E-state index contributed by atoms with van der Waals surface area (Å²) in [6.07, 6.45) is 3.40. The van der Waals surface area contributed by atoms with Crippen molar-refractivity contribution in [1.82, 2.24) is 20.1 Å². The van der Waals surface area contributed by atoms with Gasteiger partial charge in [0.15, 0.2) is 10.8 Å². The van der Waals surface area contributed by atoms with Gasteiger partial charge in [0.05, 0.1) is 0 Å². The van der Waals surface area contributed by atoms with E-state index in [1.165, 1.54) is 35.5 Å². The molecule has 1 aromatic rings. The van der Waals surface area contributed by atoms with Gasteiger partial charge >= 0.3 is 5.97 Å². The Bertz CT molecular complexity index is 1130. The van der Waals surface area contributed by atoms with Crippen molar-refractivity contribution in [2.75, 3.05) is 31.7 Å². The Labute approximate surface area is 212 Å². The van der Waals surface area contributed by atoms with Gasteiger partial charge in [-0.1, -0.05) is 5.16 Å². The summed E-state index contributed by atoms with van der Waals surface area (Å²) in [5.41, 5.74) is 6.12. The fourth-order valence-electron chi connectivity index (χ4n) is 3.87. The van der Waals surface area contributed by atoms with Crippen LogP contribution in [0.5, 0.6) is 0 Å². The summed E-state index contributed by atoms with van der Waals surface area (Å²) in [4.78, 5) is 60.3. The predicted octanol–water partition coefficient (Wildman–Crippen LogP) is 0.292. The number of nitrogen functional groups attached to an aromatic ring is 1. The van der Waals surface area contributed by atoms with Crippen LogP contribution in [0.4, 0.5) is 5.13 Å². The molecule has 2 saturated heterocycles. The number of carbonyl (C=O) groups excluding carboxylic acids is 3. The summed E-state index contributed by atoms with van der Waals surface area (Å²) in [5, 5.41) is 19.4. The molecule has 4 rings (SSSR count). The predicted molar refractivity (Wildman–Crippen MR) is 133 cm³/mol. The normalized spacial score (nSPS) is 24.4. The quantitative estimate of drug-likeness (QED) is 0.172. The van der Waals surface area contributed by atoms with Crippen molar-refractivity contribution >= 4 is 69.9 Å². The van der Waals surface area contributed by atoms with E-state index in [1.54, 1.807) is 16.4 Å². The van der Waals surface area contributed by atoms with Crippen molar-refractivity contribution in [3.8, 4) is 0 Å². The van der Waals surface area contributed by atoms with Gasteiger partial charge in [-0.05, 0) is 23.5 Å². The number of fused-ring (bicyclic) bond motifs is 1. The number of aliphatic carboxylic acids is 1. The lowest BCUT2D eigenvalue weighted by atomic mass is 10.0. The number of rotatable bonds is 9. The number of nitrogens with zero attached hydrogens (tertiary/aromatic N) is 4. The number of nitrogens with one attached hydrogen (secondary N) is 1. The molecule has 3 atom stereocenters. The third-order valence-electron chi connectivity index (χ3n) is 5.51. The number of aromatic nitrogens is 1. The molecule has 0 aromatic carbocycles. The fraction of sp³-hybridized carbons (Fsp3) is 0.400. The van der Waals surface area contributed by atoms with Crippen molar-refractivity contribution < 1.29 is 29.1 Å². The van der Waals surface area contributed by atoms with Gasteiger partial charge in [0.1, 0.15) is 29.9 Å². The highest BCUT2D eigenvalue weighted by atomic mass is 32.2. The smallest absolute Gasteiger partial charge is 0.352 e. The highest BCUT2D eigenvalue weighted by Gasteiger charge is 2.54. The zero-order valence-corrected chi connectivity index (χ0v) is 20.9. The molecule has 3 amide bonds. The molecule has 12 nitrogen and oxygen atoms in total. The molecule has 1 aromatic heterocycles. The van der Waals surface area contributed by atoms with Crippen LogP contribution in [0.3, 0.4) is 0 Å². The minimum Gasteiger partial charge on any atom is -0.477 e. The highest BCUT2D eigenvalue weighted by molar-refractivity contribution is 8.02. The molecule has 15 heteroatoms. The van der Waals surface area contributed by atoms with Crippen LogP contribution in [-0.2, 0) is 24.0 Å². The molecule has 186 valence electrons. The molecule has 3 aliphatic rings. The Morgan fingerprint density at radius 3 is 2.89 bits per heavy atom. The zero-order chi connectivity index (χ0) is 25.1. The first-order chi connectivity index (χ1) is 16.8. The topological polar surface area (TPSA) is 168 Å². The SMILES string of the molecule is CON=C(C(=O)N[C@@H]1C(=O)N2C(C(=O)O)=C(/C=C/S[C@H]3CCN(C=O)C3)CS[C@H]12)c1csc(N)n1. The number of hydrogen-bond acceptors (Lipinski definition) is 11. The Morgan fingerprint density at radius 2 is 2.26 bits per heavy atom. The minimum atomic E-state index is -1.22. The number of thiazole rings is 1. The molecule has 0 unspecified atom stereocenters. The molecular formula is C20H22N6O6S3. The number of thioether (sulfide) groups is 2. The van der Waals surface area contributed by atoms with Crippen LogP contribution in [0.2, 0.25) is 0 Å². The third-order valence-corrected chi connectivity index (χ3v) is 8.55. The largest absolute Gasteiger partial charge is 0.477 e. The van der Waals surface area contributed by atoms with Crippen LogP contribution in [0, 0.1) is 0 Å². The number of amides is 3. The van der Waals surface area contributed by atoms with E-state index in [4.69, 9.17) is 10.6 Å². The van der Waals surface area contributed by atoms with E-state index >= 15 is 0 Å². The van der Waals surface area contributed by atoms with Crippen LogP contribution in [0.15, 0.2) is 33.3 Å². The molecule has 4 N–H and O–H groups in total. The van der Waals surface area contributed by atoms with Crippen LogP contribution in [0.25, 0.3) is 0 Å². The number of carboxylic acids is 1. The lowest BCUT2D eigenvalue weighted by molar-refractivity contribution is -0.150. The van der Waals surface area contributed by atoms with Gasteiger partial charge in [-0.3, -0.25) is 19.3 Å². The first kappa shape index (κ1) is 25.1. The summed E-state index contributed by atoms with van der Waals surface area (Å²) >= 11 is 4.01. The number of carboxylic acid groups (broad SMARTS) is 1. The summed E-state index contributed by atoms with van der Waals surface area (Å²) in [6, 6.07) is -0.924. The average molecular weight is 539 g/mol. The molecular weight excluding hydrogens is 516 g/mol. The van der Waals surface area contributed by atoms with Crippen LogP contribution < -0.4 is 11.1 Å². The highest BCUT2D eigenvalue weighted by Crippen LogP contribution is 2.41. The summed E-state index contributed by atoms with van der Waals surface area (Å²) in [6.45, 7) is 1.35. The summed E-state index contributed by atoms with van der Waals surface area (Å²) in [7, 11) is 1.28. The van der Waals surface area contributed by atoms with Gasteiger partial charge in [-0.15, -0.1) is 34.9 Å². The molecule has 3 aliphatic heterocycles. The molecule has 0 radical (unpaired) electrons. The van der Waals surface area contributed by atoms with E-state index in [9.17, 15) is 24.3 Å². The van der Waals surface area contributed by atoms with E-state index in [2.05, 4.69) is 15.5 Å². The van der Waals surface area contributed by atoms with E-state index in [1.807, 2.05) is 5.41 Å². The monoisotopic (exact) mass is 538 g/mol. The average Bonchev–Trinajstić information content (AvgIpc) is 3.48. The Balaban J connectivity index is 1.45. The van der Waals surface area contributed by atoms with Crippen molar-refractivity contribution in [1.29, 1.82) is 0 Å². The number of anilines is 1. The van der Waals surface area contributed by atoms with Gasteiger partial charge in [-0.2, -0.15) is 0 Å². The van der Waals surface area contributed by atoms with E-state index in [-0.39, 0.29) is 27.5 Å². The number of carbonyl (C=O) groups is 4. The molecule has 0 saturated carbocycles. The maximum Gasteiger partial charge on any atom is 0.352 e. The van der Waals surface area contributed by atoms with Gasteiger partial charge in [0.2, 0.25) is 6.41 Å². The third kappa shape index (κ3) is 5.16. The number of allylic oxidation sites excluding steroid dienone is 1. The van der Waals surface area contributed by atoms with Gasteiger partial charge in [-0.25, -0.2) is 9.78 Å². The zero-order valence-electron chi connectivity index (χ0n) is 18.4. The Morgan fingerprint density at radius 1 is 1.46 bits per heavy atom. The number of nitrogens with two attached hydrogens (primary N) is 1. The molecule has 0 aliphatic carbocycles. The summed E-state index contributed by atoms with van der Waals surface area (Å²) in [5.74, 6) is -2.07. The van der Waals surface area contributed by atoms with E-state index < -0.39 is 29.2 Å². The molecule has 4 heterocycles. The van der Waals surface area contributed by atoms with Gasteiger partial charge < -0.3 is 25.9 Å². The van der Waals surface area contributed by atoms with E-state index in [0.29, 0.717) is 24.4 Å². The number of hydrogen-bond donors (Lipinski definition) is 3. The Kier molecular flexibility index (Phi) is 7.66. The van der Waals surface area contributed by atoms with Crippen molar-refractivity contribution in [2.45, 2.75) is 23.1 Å². The van der Waals surface area contributed by atoms with Crippen molar-refractivity contribution in [2.24, 2.45) is 5.16 Å². The lowest BCUT2D eigenvalue weighted by Crippen LogP contribution is -2.71. The number of β-lactam (4-membered cyclic amide) rings is 1. The second-order valence-electron chi connectivity index (χ2n) is 7.68. The molecule has 0 spiro atoms. The molecule has 35 heavy (non-hydrogen) atoms. The fourth-order valence-corrected chi connectivity index (χ4v) is 6.72. The maximum absolute atomic E-state index is 12.9. The van der Waals surface area contributed by atoms with Crippen LogP contribution >= 0.6 is 34.9 Å².